The van der Waals surface area contributed by atoms with Crippen LogP contribution in [0.3, 0.4) is 0 Å². The molecule has 681 valence electrons. The molecule has 0 aliphatic heterocycles. The number of unbranched alkanes of at least 4 members (excludes halogenated alkanes) is 8. The molecule has 0 aliphatic rings. The molecule has 7 N–H and O–H groups in total. The van der Waals surface area contributed by atoms with E-state index in [1.54, 1.807) is 66.2 Å². The third-order valence-electron chi connectivity index (χ3n) is 8.63. The van der Waals surface area contributed by atoms with Gasteiger partial charge in [-0.1, -0.05) is 306 Å². The number of carbonyl (C=O) groups is 4. The molecule has 0 saturated heterocycles. The first-order chi connectivity index (χ1) is 49.7. The molecule has 0 atom stereocenters. The molecule has 0 aromatic carbocycles. The molecule has 0 aromatic rings. The number of carbonyl (C=O) groups excluding carboxylic acids is 6. The zero-order chi connectivity index (χ0) is 83.3. The molecule has 0 rings (SSSR count). The van der Waals surface area contributed by atoms with Crippen molar-refractivity contribution in [3.05, 3.63) is 101 Å². The Bertz CT molecular complexity index is 1290. The van der Waals surface area contributed by atoms with Gasteiger partial charge in [-0.05, 0) is 114 Å². The SMILES string of the molecule is C=C=C.CC.CC.CCCCSSCCC.CCCCSSCCCC.CCCCSSCCCC(=O)N=C=O.CCCCSSCCCC(C)=O.CCCCSSCCCC(N)=O.N.O.[CH2-]C.[CH2-]C.[CH2-]C.[CH2-]C.[CH2-]C.[CH2-]C.[CH2-]C.[CH2-]C(=O)CCCSSCCCC.[CH2-]CCSSCCCC.[CH3-].[CH3-].[N-]=C=O.[Y].[Y].[Y].[Y].[Y].[Y].[Y]. The van der Waals surface area contributed by atoms with E-state index in [1.807, 2.05) is 168 Å². The summed E-state index contributed by atoms with van der Waals surface area (Å²) in [6.07, 6.45) is 31.1. The summed E-state index contributed by atoms with van der Waals surface area (Å²) in [7, 11) is 27.0. The first-order valence-electron chi connectivity index (χ1n) is 37.2. The summed E-state index contributed by atoms with van der Waals surface area (Å²) in [5.41, 5.74) is 7.25. The number of amides is 2. The van der Waals surface area contributed by atoms with Crippen LogP contribution in [-0.4, -0.2) is 122 Å². The summed E-state index contributed by atoms with van der Waals surface area (Å²) in [5, 5.41) is 6.76. The normalized spacial score (nSPS) is 7.51. The van der Waals surface area contributed by atoms with Gasteiger partial charge in [0.25, 0.3) is 5.91 Å². The number of nitrogens with zero attached hydrogens (tertiary/aromatic N) is 2. The summed E-state index contributed by atoms with van der Waals surface area (Å²) in [6, 6.07) is 0. The van der Waals surface area contributed by atoms with Gasteiger partial charge in [-0.25, -0.2) is 4.79 Å². The number of primary amides is 1. The van der Waals surface area contributed by atoms with E-state index in [0.717, 1.165) is 61.5 Å². The van der Waals surface area contributed by atoms with Crippen LogP contribution in [-0.2, 0) is 258 Å². The van der Waals surface area contributed by atoms with Crippen LogP contribution in [0.5, 0.6) is 0 Å². The predicted molar refractivity (Wildman–Crippen MR) is 539 cm³/mol. The van der Waals surface area contributed by atoms with Gasteiger partial charge in [0.05, 0.1) is 0 Å². The summed E-state index contributed by atoms with van der Waals surface area (Å²) in [6.45, 7) is 78.0. The second kappa shape index (κ2) is 279. The Morgan fingerprint density at radius 1 is 0.354 bits per heavy atom. The molecule has 113 heavy (non-hydrogen) atoms. The first kappa shape index (κ1) is 207. The fourth-order valence-corrected chi connectivity index (χ4v) is 20.3. The topological polar surface area (TPSA) is 230 Å². The molecule has 0 heterocycles. The van der Waals surface area contributed by atoms with Crippen molar-refractivity contribution in [3.8, 4) is 0 Å². The maximum absolute atomic E-state index is 10.7. The van der Waals surface area contributed by atoms with Crippen molar-refractivity contribution in [2.75, 3.05) is 80.5 Å². The van der Waals surface area contributed by atoms with E-state index < -0.39 is 0 Å². The number of aliphatic imine (C=N–C) groups is 1. The average Bonchev–Trinajstić information content (AvgIpc) is 1.10. The quantitative estimate of drug-likeness (QED) is 0.0144. The monoisotopic (exact) mass is 2390 g/mol. The largest absolute Gasteiger partial charge is 0.724 e. The molecule has 0 saturated carbocycles. The fraction of sp³-hybridized carbons (Fsp3) is 0.753. The van der Waals surface area contributed by atoms with Crippen LogP contribution in [0.2, 0.25) is 0 Å². The molecule has 7 radical (unpaired) electrons. The maximum Gasteiger partial charge on any atom is 0.256 e. The van der Waals surface area contributed by atoms with Gasteiger partial charge in [0.2, 0.25) is 12.0 Å². The summed E-state index contributed by atoms with van der Waals surface area (Å²) < 4.78 is 0. The van der Waals surface area contributed by atoms with Crippen molar-refractivity contribution in [2.24, 2.45) is 10.7 Å². The predicted octanol–water partition coefficient (Wildman–Crippen LogP) is 32.1. The fourth-order valence-electron chi connectivity index (χ4n) is 4.00. The molecule has 2 amide bonds. The molecule has 11 nitrogen and oxygen atoms in total. The van der Waals surface area contributed by atoms with E-state index >= 15 is 0 Å². The smallest absolute Gasteiger partial charge is 0.256 e. The van der Waals surface area contributed by atoms with Crippen LogP contribution < -0.4 is 11.9 Å². The van der Waals surface area contributed by atoms with Crippen LogP contribution in [0.15, 0.2) is 23.9 Å². The molecule has 0 bridgehead atoms. The molecule has 0 aliphatic carbocycles. The van der Waals surface area contributed by atoms with Crippen LogP contribution in [0, 0.1) is 77.2 Å². The van der Waals surface area contributed by atoms with Gasteiger partial charge in [0, 0.05) is 323 Å². The Morgan fingerprint density at radius 2 is 0.522 bits per heavy atom. The Morgan fingerprint density at radius 3 is 0.681 bits per heavy atom. The van der Waals surface area contributed by atoms with Crippen molar-refractivity contribution in [3.63, 3.8) is 0 Å². The molecule has 0 aromatic heterocycles. The first-order valence-corrected chi connectivity index (χ1v) is 54.6. The van der Waals surface area contributed by atoms with Gasteiger partial charge in [-0.3, -0.25) is 14.4 Å². The average molecular weight is 2390 g/mol. The molecular formula is C81H178N4O7S14Y7-12. The number of hydrogen-bond donors (Lipinski definition) is 2. The molecule has 0 unspecified atom stereocenters. The maximum atomic E-state index is 10.7. The van der Waals surface area contributed by atoms with Crippen molar-refractivity contribution >= 4 is 187 Å². The van der Waals surface area contributed by atoms with Gasteiger partial charge < -0.3 is 110 Å². The summed E-state index contributed by atoms with van der Waals surface area (Å²) in [4.78, 5) is 63.0. The third-order valence-corrected chi connectivity index (χ3v) is 26.8. The zero-order valence-electron chi connectivity index (χ0n) is 77.4. The summed E-state index contributed by atoms with van der Waals surface area (Å²) in [5.74, 6) is 16.7. The second-order valence-electron chi connectivity index (χ2n) is 17.2. The zero-order valence-corrected chi connectivity index (χ0v) is 109. The Hall–Kier alpha value is 9.18. The molecule has 0 fully saturated rings. The van der Waals surface area contributed by atoms with Gasteiger partial charge >= 0.3 is 0 Å². The van der Waals surface area contributed by atoms with E-state index in [9.17, 15) is 24.0 Å². The Labute approximate surface area is 944 Å². The minimum atomic E-state index is -0.362. The minimum Gasteiger partial charge on any atom is -0.724 e. The number of ketones is 2. The number of hydrogen-bond acceptors (Lipinski definition) is 21. The van der Waals surface area contributed by atoms with Crippen LogP contribution in [0.4, 0.5) is 0 Å². The molecule has 0 spiro atoms. The van der Waals surface area contributed by atoms with Gasteiger partial charge in [-0.2, -0.15) is 54.9 Å². The van der Waals surface area contributed by atoms with Crippen molar-refractivity contribution in [2.45, 2.75) is 312 Å². The second-order valence-corrected chi connectivity index (χ2v) is 36.2. The summed E-state index contributed by atoms with van der Waals surface area (Å²) >= 11 is 0. The standard InChI is InChI=1S/C9H15NO2S2.C9H18OS2.C9H17OS2.C8H17NOS2.C8H18S2.C7H16S2.C7H15S2.C3H4.2C2H6.7C2H5.CNO.2CH3.H3N.H2O.7Y/c1-2-3-6-13-14-7-4-5-9(12)10-8-11;2*1-3-4-7-11-12-8-5-6-9(2)10;1-2-3-6-11-12-7-4-5-8(9)10;1-3-5-7-9-10-8-6-4-2;2*1-3-5-7-9-8-6-4-2;1-3-2;9*1-2;2-1-3;;;;;;;;;;;/h2-7H2,1H3;3-8H2,1-2H3;2-8H2,1H3;2-7H2,1H3,(H2,9,10);3-8H2,1-2H3;3-7H2,1-2H3;2-7H2,1H3;1-2H2;2*1-2H3;7*1H2,2H3;;3*1H3;1H2;;;;;;;/q;;-1;;;;-1;;;;10*-1;;;;;;;;;. The number of nitrogens with two attached hydrogens (primary N) is 1. The Kier molecular flexibility index (Phi) is 511. The van der Waals surface area contributed by atoms with Crippen molar-refractivity contribution in [1.82, 2.24) is 6.15 Å². The third kappa shape index (κ3) is 381. The number of isocyanates is 2. The van der Waals surface area contributed by atoms with E-state index in [1.165, 1.54) is 173 Å². The number of Topliss-reactive ketones (excluding diaryl/α,β-unsaturated/α-hetero) is 2. The van der Waals surface area contributed by atoms with Crippen molar-refractivity contribution < 1.29 is 263 Å². The van der Waals surface area contributed by atoms with Gasteiger partial charge in [0.1, 0.15) is 5.78 Å². The minimum absolute atomic E-state index is 0. The molecular weight excluding hydrogens is 2210 g/mol. The van der Waals surface area contributed by atoms with Crippen molar-refractivity contribution in [1.29, 1.82) is 0 Å². The van der Waals surface area contributed by atoms with Crippen LogP contribution >= 0.6 is 151 Å². The number of rotatable bonds is 51. The Balaban J connectivity index is -0.0000000254. The van der Waals surface area contributed by atoms with Crippen LogP contribution in [0.25, 0.3) is 5.41 Å². The van der Waals surface area contributed by atoms with E-state index in [-0.39, 0.29) is 273 Å². The van der Waals surface area contributed by atoms with E-state index in [4.69, 9.17) is 15.9 Å². The van der Waals surface area contributed by atoms with Gasteiger partial charge in [0.15, 0.2) is 0 Å². The van der Waals surface area contributed by atoms with E-state index in [0.29, 0.717) is 31.1 Å². The van der Waals surface area contributed by atoms with Gasteiger partial charge in [-0.15, -0.1) is 10.7 Å². The van der Waals surface area contributed by atoms with E-state index in [2.05, 4.69) is 149 Å². The van der Waals surface area contributed by atoms with Crippen LogP contribution in [0.1, 0.15) is 312 Å². The molecule has 32 heteroatoms.